The molecule has 0 saturated heterocycles. The summed E-state index contributed by atoms with van der Waals surface area (Å²) in [5.41, 5.74) is 5.34. The summed E-state index contributed by atoms with van der Waals surface area (Å²) < 4.78 is 11.5. The number of aryl methyl sites for hydroxylation is 2. The number of anilines is 1. The molecule has 0 spiro atoms. The van der Waals surface area contributed by atoms with Crippen molar-refractivity contribution in [3.63, 3.8) is 0 Å². The molecule has 168 valence electrons. The van der Waals surface area contributed by atoms with E-state index in [1.54, 1.807) is 36.4 Å². The predicted octanol–water partition coefficient (Wildman–Crippen LogP) is 6.53. The first-order valence-corrected chi connectivity index (χ1v) is 10.5. The van der Waals surface area contributed by atoms with E-state index in [1.807, 2.05) is 26.0 Å². The van der Waals surface area contributed by atoms with E-state index >= 15 is 0 Å². The van der Waals surface area contributed by atoms with E-state index in [0.717, 1.165) is 16.7 Å². The van der Waals surface area contributed by atoms with Crippen molar-refractivity contribution in [1.82, 2.24) is 4.98 Å². The van der Waals surface area contributed by atoms with Gasteiger partial charge in [-0.15, -0.1) is 0 Å². The lowest BCUT2D eigenvalue weighted by Crippen LogP contribution is -2.10. The fourth-order valence-corrected chi connectivity index (χ4v) is 3.81. The molecule has 0 bridgehead atoms. The van der Waals surface area contributed by atoms with Gasteiger partial charge in [0, 0.05) is 28.9 Å². The third kappa shape index (κ3) is 4.16. The van der Waals surface area contributed by atoms with Gasteiger partial charge in [-0.3, -0.25) is 14.9 Å². The van der Waals surface area contributed by atoms with Gasteiger partial charge in [-0.25, -0.2) is 4.98 Å². The molecular formula is C26H19N3O5. The van der Waals surface area contributed by atoms with Crippen molar-refractivity contribution in [2.75, 3.05) is 5.32 Å². The van der Waals surface area contributed by atoms with Gasteiger partial charge in [-0.2, -0.15) is 0 Å². The van der Waals surface area contributed by atoms with Crippen molar-refractivity contribution in [2.24, 2.45) is 0 Å². The van der Waals surface area contributed by atoms with E-state index in [9.17, 15) is 14.9 Å². The zero-order valence-electron chi connectivity index (χ0n) is 18.4. The molecule has 8 nitrogen and oxygen atoms in total. The van der Waals surface area contributed by atoms with E-state index in [0.29, 0.717) is 34.0 Å². The van der Waals surface area contributed by atoms with Gasteiger partial charge in [0.05, 0.1) is 4.92 Å². The van der Waals surface area contributed by atoms with Crippen LogP contribution in [0.3, 0.4) is 0 Å². The summed E-state index contributed by atoms with van der Waals surface area (Å²) in [5, 5.41) is 13.8. The van der Waals surface area contributed by atoms with Crippen molar-refractivity contribution < 1.29 is 18.6 Å². The van der Waals surface area contributed by atoms with Gasteiger partial charge in [-0.05, 0) is 56.3 Å². The van der Waals surface area contributed by atoms with Crippen LogP contribution in [0.1, 0.15) is 21.7 Å². The number of nitro benzene ring substituents is 1. The fourth-order valence-electron chi connectivity index (χ4n) is 3.81. The van der Waals surface area contributed by atoms with E-state index in [4.69, 9.17) is 8.83 Å². The number of nitrogens with one attached hydrogen (secondary N) is 1. The highest BCUT2D eigenvalue weighted by molar-refractivity contribution is 6.03. The number of hydrogen-bond donors (Lipinski definition) is 1. The molecule has 34 heavy (non-hydrogen) atoms. The Labute approximate surface area is 194 Å². The topological polar surface area (TPSA) is 111 Å². The number of oxazole rings is 1. The van der Waals surface area contributed by atoms with Crippen LogP contribution in [0.5, 0.6) is 0 Å². The third-order valence-corrected chi connectivity index (χ3v) is 5.29. The van der Waals surface area contributed by atoms with Crippen molar-refractivity contribution in [2.45, 2.75) is 13.8 Å². The van der Waals surface area contributed by atoms with Crippen LogP contribution >= 0.6 is 0 Å². The number of aromatic nitrogens is 1. The summed E-state index contributed by atoms with van der Waals surface area (Å²) in [5.74, 6) is 0.503. The number of rotatable bonds is 5. The fraction of sp³-hybridized carbons (Fsp3) is 0.0769. The highest BCUT2D eigenvalue weighted by Crippen LogP contribution is 2.29. The third-order valence-electron chi connectivity index (χ3n) is 5.29. The average molecular weight is 453 g/mol. The molecule has 5 rings (SSSR count). The van der Waals surface area contributed by atoms with E-state index in [-0.39, 0.29) is 11.4 Å². The second-order valence-electron chi connectivity index (χ2n) is 8.00. The maximum Gasteiger partial charge on any atom is 0.291 e. The van der Waals surface area contributed by atoms with Crippen LogP contribution < -0.4 is 5.32 Å². The second-order valence-corrected chi connectivity index (χ2v) is 8.00. The molecule has 1 N–H and O–H groups in total. The summed E-state index contributed by atoms with van der Waals surface area (Å²) in [6, 6.07) is 20.5. The minimum Gasteiger partial charge on any atom is -0.451 e. The number of carbonyl (C=O) groups is 1. The molecule has 0 atom stereocenters. The zero-order valence-corrected chi connectivity index (χ0v) is 18.4. The molecule has 2 heterocycles. The maximum atomic E-state index is 12.7. The Hall–Kier alpha value is -4.72. The standard InChI is InChI=1S/C26H19N3O5/c1-15-10-16(2)12-18(11-15)26-28-21-14-19(6-7-23(21)34-26)27-25(30)24-9-8-22(33-24)17-4-3-5-20(13-17)29(31)32/h3-14H,1-2H3,(H,27,30). The quantitative estimate of drug-likeness (QED) is 0.239. The van der Waals surface area contributed by atoms with Gasteiger partial charge in [0.15, 0.2) is 11.3 Å². The molecule has 0 aliphatic heterocycles. The van der Waals surface area contributed by atoms with Gasteiger partial charge >= 0.3 is 0 Å². The van der Waals surface area contributed by atoms with Gasteiger partial charge in [0.2, 0.25) is 5.89 Å². The van der Waals surface area contributed by atoms with Crippen LogP contribution in [-0.2, 0) is 0 Å². The Morgan fingerprint density at radius 3 is 2.47 bits per heavy atom. The summed E-state index contributed by atoms with van der Waals surface area (Å²) in [6.45, 7) is 4.04. The van der Waals surface area contributed by atoms with E-state index < -0.39 is 10.8 Å². The summed E-state index contributed by atoms with van der Waals surface area (Å²) in [6.07, 6.45) is 0. The number of benzene rings is 3. The van der Waals surface area contributed by atoms with Crippen LogP contribution in [-0.4, -0.2) is 15.8 Å². The predicted molar refractivity (Wildman–Crippen MR) is 128 cm³/mol. The Morgan fingerprint density at radius 1 is 0.912 bits per heavy atom. The Bertz CT molecular complexity index is 1540. The Balaban J connectivity index is 1.37. The number of non-ortho nitro benzene ring substituents is 1. The molecule has 1 amide bonds. The van der Waals surface area contributed by atoms with Crippen molar-refractivity contribution >= 4 is 28.4 Å². The van der Waals surface area contributed by atoms with Gasteiger partial charge in [0.25, 0.3) is 11.6 Å². The molecule has 0 radical (unpaired) electrons. The van der Waals surface area contributed by atoms with Crippen molar-refractivity contribution in [3.05, 3.63) is 99.8 Å². The molecule has 2 aromatic heterocycles. The van der Waals surface area contributed by atoms with Crippen LogP contribution in [0, 0.1) is 24.0 Å². The largest absolute Gasteiger partial charge is 0.451 e. The normalized spacial score (nSPS) is 11.0. The second kappa shape index (κ2) is 8.32. The smallest absolute Gasteiger partial charge is 0.291 e. The molecule has 8 heteroatoms. The average Bonchev–Trinajstić information content (AvgIpc) is 3.46. The molecule has 0 aliphatic rings. The zero-order chi connectivity index (χ0) is 23.8. The maximum absolute atomic E-state index is 12.7. The SMILES string of the molecule is Cc1cc(C)cc(-c2nc3cc(NC(=O)c4ccc(-c5cccc([N+](=O)[O-])c5)o4)ccc3o2)c1. The lowest BCUT2D eigenvalue weighted by atomic mass is 10.1. The number of carbonyl (C=O) groups excluding carboxylic acids is 1. The van der Waals surface area contributed by atoms with Gasteiger partial charge < -0.3 is 14.2 Å². The minimum absolute atomic E-state index is 0.0546. The highest BCUT2D eigenvalue weighted by Gasteiger charge is 2.16. The monoisotopic (exact) mass is 453 g/mol. The molecule has 0 unspecified atom stereocenters. The summed E-state index contributed by atoms with van der Waals surface area (Å²) >= 11 is 0. The number of fused-ring (bicyclic) bond motifs is 1. The van der Waals surface area contributed by atoms with E-state index in [1.165, 1.54) is 18.2 Å². The van der Waals surface area contributed by atoms with E-state index in [2.05, 4.69) is 16.4 Å². The van der Waals surface area contributed by atoms with Gasteiger partial charge in [-0.1, -0.05) is 29.3 Å². The van der Waals surface area contributed by atoms with Crippen LogP contribution in [0.4, 0.5) is 11.4 Å². The molecule has 0 aliphatic carbocycles. The van der Waals surface area contributed by atoms with Gasteiger partial charge in [0.1, 0.15) is 11.3 Å². The Kier molecular flexibility index (Phi) is 5.18. The van der Waals surface area contributed by atoms with Crippen molar-refractivity contribution in [3.8, 4) is 22.8 Å². The molecule has 0 fully saturated rings. The molecule has 0 saturated carbocycles. The Morgan fingerprint density at radius 2 is 1.71 bits per heavy atom. The first-order chi connectivity index (χ1) is 16.4. The molecule has 5 aromatic rings. The first-order valence-electron chi connectivity index (χ1n) is 10.5. The lowest BCUT2D eigenvalue weighted by molar-refractivity contribution is -0.384. The first kappa shape index (κ1) is 21.1. The molecular weight excluding hydrogens is 434 g/mol. The number of amides is 1. The van der Waals surface area contributed by atoms with Crippen LogP contribution in [0.15, 0.2) is 81.6 Å². The lowest BCUT2D eigenvalue weighted by Gasteiger charge is -2.02. The summed E-state index contributed by atoms with van der Waals surface area (Å²) in [4.78, 5) is 27.8. The highest BCUT2D eigenvalue weighted by atomic mass is 16.6. The minimum atomic E-state index is -0.481. The summed E-state index contributed by atoms with van der Waals surface area (Å²) in [7, 11) is 0. The van der Waals surface area contributed by atoms with Crippen LogP contribution in [0.25, 0.3) is 33.9 Å². The van der Waals surface area contributed by atoms with Crippen molar-refractivity contribution in [1.29, 1.82) is 0 Å². The number of nitrogens with zero attached hydrogens (tertiary/aromatic N) is 2. The number of hydrogen-bond acceptors (Lipinski definition) is 6. The number of nitro groups is 1. The molecule has 3 aromatic carbocycles. The van der Waals surface area contributed by atoms with Crippen LogP contribution in [0.2, 0.25) is 0 Å². The number of furan rings is 1.